The molecule has 0 atom stereocenters. The van der Waals surface area contributed by atoms with Gasteiger partial charge in [0.15, 0.2) is 0 Å². The second-order valence-corrected chi connectivity index (χ2v) is 8.68. The van der Waals surface area contributed by atoms with E-state index in [1.54, 1.807) is 0 Å². The van der Waals surface area contributed by atoms with Crippen LogP contribution in [-0.4, -0.2) is 57.7 Å². The minimum atomic E-state index is 0.176. The van der Waals surface area contributed by atoms with Gasteiger partial charge in [-0.3, -0.25) is 14.4 Å². The molecule has 5 heteroatoms. The summed E-state index contributed by atoms with van der Waals surface area (Å²) in [6.07, 6.45) is 15.6. The maximum Gasteiger partial charge on any atom is 0.257 e. The number of carbonyl (C=O) groups is 1. The van der Waals surface area contributed by atoms with Crippen molar-refractivity contribution in [1.82, 2.24) is 19.6 Å². The van der Waals surface area contributed by atoms with E-state index >= 15 is 0 Å². The zero-order chi connectivity index (χ0) is 18.0. The highest BCUT2D eigenvalue weighted by molar-refractivity contribution is 5.95. The van der Waals surface area contributed by atoms with Crippen molar-refractivity contribution in [2.75, 3.05) is 26.7 Å². The number of likely N-dealkylation sites (tertiary alicyclic amines) is 1. The van der Waals surface area contributed by atoms with E-state index in [1.807, 2.05) is 22.8 Å². The lowest BCUT2D eigenvalue weighted by atomic mass is 9.78. The van der Waals surface area contributed by atoms with Crippen molar-refractivity contribution in [3.8, 4) is 0 Å². The highest BCUT2D eigenvalue weighted by Gasteiger charge is 2.40. The minimum absolute atomic E-state index is 0.176. The van der Waals surface area contributed by atoms with Gasteiger partial charge in [-0.05, 0) is 58.0 Å². The lowest BCUT2D eigenvalue weighted by Crippen LogP contribution is -2.58. The van der Waals surface area contributed by atoms with E-state index in [1.165, 1.54) is 77.3 Å². The topological polar surface area (TPSA) is 41.4 Å². The molecular weight excluding hydrogens is 324 g/mol. The summed E-state index contributed by atoms with van der Waals surface area (Å²) in [6.45, 7) is 4.26. The van der Waals surface area contributed by atoms with Crippen molar-refractivity contribution < 1.29 is 4.79 Å². The molecule has 3 aliphatic rings. The molecule has 144 valence electrons. The van der Waals surface area contributed by atoms with Crippen molar-refractivity contribution in [2.24, 2.45) is 0 Å². The highest BCUT2D eigenvalue weighted by Crippen LogP contribution is 2.36. The van der Waals surface area contributed by atoms with Crippen LogP contribution < -0.4 is 0 Å². The number of fused-ring (bicyclic) bond motifs is 1. The van der Waals surface area contributed by atoms with Crippen molar-refractivity contribution in [2.45, 2.75) is 82.7 Å². The molecule has 1 aromatic rings. The van der Waals surface area contributed by atoms with Crippen LogP contribution in [0.25, 0.3) is 0 Å². The van der Waals surface area contributed by atoms with E-state index in [9.17, 15) is 4.79 Å². The van der Waals surface area contributed by atoms with Crippen LogP contribution >= 0.6 is 0 Å². The maximum absolute atomic E-state index is 13.2. The van der Waals surface area contributed by atoms with Crippen molar-refractivity contribution >= 4 is 5.91 Å². The van der Waals surface area contributed by atoms with Gasteiger partial charge in [0, 0.05) is 25.7 Å². The predicted molar refractivity (Wildman–Crippen MR) is 103 cm³/mol. The first-order chi connectivity index (χ1) is 12.7. The molecule has 4 rings (SSSR count). The Hall–Kier alpha value is -1.36. The number of amides is 1. The van der Waals surface area contributed by atoms with Crippen LogP contribution in [-0.2, 0) is 13.0 Å². The number of piperidine rings is 1. The first-order valence-electron chi connectivity index (χ1n) is 10.7. The third-order valence-electron chi connectivity index (χ3n) is 6.90. The average Bonchev–Trinajstić information content (AvgIpc) is 3.13. The van der Waals surface area contributed by atoms with Gasteiger partial charge in [-0.2, -0.15) is 5.10 Å². The van der Waals surface area contributed by atoms with Crippen LogP contribution in [0.2, 0.25) is 0 Å². The van der Waals surface area contributed by atoms with Gasteiger partial charge in [-0.25, -0.2) is 0 Å². The van der Waals surface area contributed by atoms with Gasteiger partial charge in [-0.15, -0.1) is 0 Å². The van der Waals surface area contributed by atoms with Crippen molar-refractivity contribution in [1.29, 1.82) is 0 Å². The zero-order valence-electron chi connectivity index (χ0n) is 16.4. The number of aryl methyl sites for hydroxylation is 1. The summed E-state index contributed by atoms with van der Waals surface area (Å²) >= 11 is 0. The van der Waals surface area contributed by atoms with Crippen molar-refractivity contribution in [3.05, 3.63) is 17.5 Å². The summed E-state index contributed by atoms with van der Waals surface area (Å²) < 4.78 is 2.05. The number of likely N-dealkylation sites (N-methyl/N-ethyl adjacent to an activating group) is 1. The molecule has 1 aromatic heterocycles. The smallest absolute Gasteiger partial charge is 0.257 e. The molecule has 0 unspecified atom stereocenters. The molecule has 0 aromatic carbocycles. The van der Waals surface area contributed by atoms with E-state index in [4.69, 9.17) is 0 Å². The van der Waals surface area contributed by atoms with Crippen LogP contribution in [0.5, 0.6) is 0 Å². The van der Waals surface area contributed by atoms with E-state index in [-0.39, 0.29) is 11.4 Å². The van der Waals surface area contributed by atoms with Gasteiger partial charge in [0.25, 0.3) is 5.91 Å². The average molecular weight is 359 g/mol. The largest absolute Gasteiger partial charge is 0.340 e. The third kappa shape index (κ3) is 3.42. The van der Waals surface area contributed by atoms with Gasteiger partial charge in [0.05, 0.1) is 17.5 Å². The standard InChI is InChI=1S/C21H34N4O/c1-23(20(26)18-16-22-25-15-9-4-10-19(18)25)17-21(11-5-2-6-12-21)24-13-7-3-8-14-24/h16H,2-15,17H2,1H3. The van der Waals surface area contributed by atoms with Crippen LogP contribution in [0.15, 0.2) is 6.20 Å². The molecule has 1 amide bonds. The molecule has 0 radical (unpaired) electrons. The molecule has 2 fully saturated rings. The molecule has 2 aliphatic heterocycles. The van der Waals surface area contributed by atoms with E-state index < -0.39 is 0 Å². The van der Waals surface area contributed by atoms with Crippen LogP contribution in [0.4, 0.5) is 0 Å². The monoisotopic (exact) mass is 358 g/mol. The second-order valence-electron chi connectivity index (χ2n) is 8.68. The second kappa shape index (κ2) is 7.71. The van der Waals surface area contributed by atoms with Gasteiger partial charge in [-0.1, -0.05) is 25.7 Å². The quantitative estimate of drug-likeness (QED) is 0.827. The van der Waals surface area contributed by atoms with E-state index in [0.717, 1.165) is 30.8 Å². The van der Waals surface area contributed by atoms with Crippen molar-refractivity contribution in [3.63, 3.8) is 0 Å². The Bertz CT molecular complexity index is 626. The van der Waals surface area contributed by atoms with E-state index in [0.29, 0.717) is 0 Å². The molecule has 0 N–H and O–H groups in total. The number of hydrogen-bond donors (Lipinski definition) is 0. The first-order valence-corrected chi connectivity index (χ1v) is 10.7. The summed E-state index contributed by atoms with van der Waals surface area (Å²) in [5.74, 6) is 0.176. The van der Waals surface area contributed by atoms with Gasteiger partial charge < -0.3 is 4.90 Å². The summed E-state index contributed by atoms with van der Waals surface area (Å²) in [5, 5.41) is 4.47. The fraction of sp³-hybridized carbons (Fsp3) is 0.810. The normalized spacial score (nSPS) is 23.4. The summed E-state index contributed by atoms with van der Waals surface area (Å²) in [4.78, 5) is 18.0. The molecule has 0 bridgehead atoms. The van der Waals surface area contributed by atoms with Gasteiger partial charge in [0.1, 0.15) is 0 Å². The Labute approximate surface area is 157 Å². The molecule has 1 saturated carbocycles. The van der Waals surface area contributed by atoms with Gasteiger partial charge >= 0.3 is 0 Å². The molecule has 1 aliphatic carbocycles. The lowest BCUT2D eigenvalue weighted by Gasteiger charge is -2.49. The predicted octanol–water partition coefficient (Wildman–Crippen LogP) is 3.48. The third-order valence-corrected chi connectivity index (χ3v) is 6.90. The first kappa shape index (κ1) is 18.0. The molecule has 1 saturated heterocycles. The van der Waals surface area contributed by atoms with Crippen LogP contribution in [0.3, 0.4) is 0 Å². The van der Waals surface area contributed by atoms with Crippen LogP contribution in [0, 0.1) is 0 Å². The zero-order valence-corrected chi connectivity index (χ0v) is 16.4. The fourth-order valence-corrected chi connectivity index (χ4v) is 5.47. The number of aromatic nitrogens is 2. The number of carbonyl (C=O) groups excluding carboxylic acids is 1. The number of nitrogens with zero attached hydrogens (tertiary/aromatic N) is 4. The molecule has 26 heavy (non-hydrogen) atoms. The SMILES string of the molecule is CN(CC1(N2CCCCC2)CCCCC1)C(=O)c1cnn2c1CCCC2. The molecule has 5 nitrogen and oxygen atoms in total. The summed E-state index contributed by atoms with van der Waals surface area (Å²) in [7, 11) is 2.01. The molecular formula is C21H34N4O. The Morgan fingerprint density at radius 2 is 1.73 bits per heavy atom. The van der Waals surface area contributed by atoms with Gasteiger partial charge in [0.2, 0.25) is 0 Å². The molecule has 3 heterocycles. The van der Waals surface area contributed by atoms with E-state index in [2.05, 4.69) is 10.00 Å². The minimum Gasteiger partial charge on any atom is -0.340 e. The Morgan fingerprint density at radius 3 is 2.50 bits per heavy atom. The highest BCUT2D eigenvalue weighted by atomic mass is 16.2. The Morgan fingerprint density at radius 1 is 1.04 bits per heavy atom. The lowest BCUT2D eigenvalue weighted by molar-refractivity contribution is 0.00986. The molecule has 0 spiro atoms. The summed E-state index contributed by atoms with van der Waals surface area (Å²) in [5.41, 5.74) is 2.21. The fourth-order valence-electron chi connectivity index (χ4n) is 5.47. The maximum atomic E-state index is 13.2. The Balaban J connectivity index is 1.51. The summed E-state index contributed by atoms with van der Waals surface area (Å²) in [6, 6.07) is 0. The number of hydrogen-bond acceptors (Lipinski definition) is 3. The Kier molecular flexibility index (Phi) is 5.35. The number of rotatable bonds is 4. The van der Waals surface area contributed by atoms with Crippen LogP contribution in [0.1, 0.15) is 80.3 Å².